The molecule has 1 aromatic heterocycles. The van der Waals surface area contributed by atoms with Gasteiger partial charge in [0.05, 0.1) is 21.4 Å². The zero-order chi connectivity index (χ0) is 12.4. The first-order valence-corrected chi connectivity index (χ1v) is 8.07. The van der Waals surface area contributed by atoms with Gasteiger partial charge in [-0.1, -0.05) is 15.9 Å². The topological polar surface area (TPSA) is 29.5 Å². The maximum absolute atomic E-state index is 12.3. The summed E-state index contributed by atoms with van der Waals surface area (Å²) in [6.45, 7) is 3.96. The minimum atomic E-state index is 0.109. The smallest absolute Gasteiger partial charge is 0.264 e. The Hall–Kier alpha value is 0.0900. The van der Waals surface area contributed by atoms with E-state index in [4.69, 9.17) is 4.74 Å². The summed E-state index contributed by atoms with van der Waals surface area (Å²) in [5.74, 6) is 0.109. The molecule has 1 amide bonds. The van der Waals surface area contributed by atoms with E-state index in [1.807, 2.05) is 17.9 Å². The van der Waals surface area contributed by atoms with Gasteiger partial charge in [-0.25, -0.2) is 0 Å². The molecule has 1 atom stereocenters. The largest absolute Gasteiger partial charge is 0.374 e. The van der Waals surface area contributed by atoms with Crippen molar-refractivity contribution in [1.82, 2.24) is 4.90 Å². The molecule has 94 valence electrons. The van der Waals surface area contributed by atoms with E-state index in [0.717, 1.165) is 19.6 Å². The van der Waals surface area contributed by atoms with E-state index in [2.05, 4.69) is 31.9 Å². The summed E-state index contributed by atoms with van der Waals surface area (Å²) in [5, 5.41) is 0.768. The lowest BCUT2D eigenvalue weighted by atomic mass is 10.2. The Kier molecular flexibility index (Phi) is 4.63. The van der Waals surface area contributed by atoms with Gasteiger partial charge in [-0.05, 0) is 34.5 Å². The second-order valence-corrected chi connectivity index (χ2v) is 6.98. The van der Waals surface area contributed by atoms with Crippen LogP contribution in [0.1, 0.15) is 15.2 Å². The lowest BCUT2D eigenvalue weighted by molar-refractivity contribution is -0.00945. The summed E-state index contributed by atoms with van der Waals surface area (Å²) >= 11 is 8.34. The molecule has 2 rings (SSSR count). The number of carbonyl (C=O) groups is 1. The van der Waals surface area contributed by atoms with Crippen LogP contribution in [0.25, 0.3) is 0 Å². The number of aryl methyl sites for hydroxylation is 1. The molecule has 1 aliphatic heterocycles. The fourth-order valence-corrected chi connectivity index (χ4v) is 3.61. The number of rotatable bonds is 2. The van der Waals surface area contributed by atoms with Crippen LogP contribution in [0, 0.1) is 6.92 Å². The normalized spacial score (nSPS) is 20.6. The monoisotopic (exact) mass is 381 g/mol. The number of hydrogen-bond donors (Lipinski definition) is 0. The van der Waals surface area contributed by atoms with Gasteiger partial charge in [0.1, 0.15) is 0 Å². The predicted octanol–water partition coefficient (Wildman–Crippen LogP) is 3.05. The van der Waals surface area contributed by atoms with Gasteiger partial charge < -0.3 is 9.64 Å². The first kappa shape index (κ1) is 13.5. The number of hydrogen-bond acceptors (Lipinski definition) is 3. The number of carbonyl (C=O) groups excluding carboxylic acids is 1. The minimum absolute atomic E-state index is 0.109. The van der Waals surface area contributed by atoms with E-state index in [1.54, 1.807) is 0 Å². The number of thiophene rings is 1. The predicted molar refractivity (Wildman–Crippen MR) is 76.2 cm³/mol. The van der Waals surface area contributed by atoms with Gasteiger partial charge in [-0.3, -0.25) is 4.79 Å². The third kappa shape index (κ3) is 3.10. The standard InChI is InChI=1S/C11H13Br2NO2S/c1-7-4-9(17-10(7)13)11(15)14-2-3-16-8(5-12)6-14/h4,8H,2-3,5-6H2,1H3. The fraction of sp³-hybridized carbons (Fsp3) is 0.545. The molecule has 0 bridgehead atoms. The number of alkyl halides is 1. The first-order valence-electron chi connectivity index (χ1n) is 5.34. The molecule has 0 N–H and O–H groups in total. The lowest BCUT2D eigenvalue weighted by Crippen LogP contribution is -2.46. The van der Waals surface area contributed by atoms with Crippen molar-refractivity contribution in [3.63, 3.8) is 0 Å². The lowest BCUT2D eigenvalue weighted by Gasteiger charge is -2.31. The summed E-state index contributed by atoms with van der Waals surface area (Å²) in [6.07, 6.45) is 0.109. The summed E-state index contributed by atoms with van der Waals surface area (Å²) < 4.78 is 6.56. The van der Waals surface area contributed by atoms with Crippen molar-refractivity contribution >= 4 is 49.1 Å². The Morgan fingerprint density at radius 3 is 3.06 bits per heavy atom. The van der Waals surface area contributed by atoms with Crippen LogP contribution < -0.4 is 0 Å². The van der Waals surface area contributed by atoms with Gasteiger partial charge in [0.2, 0.25) is 0 Å². The molecular formula is C11H13Br2NO2S. The highest BCUT2D eigenvalue weighted by Crippen LogP contribution is 2.28. The Bertz CT molecular complexity index is 402. The van der Waals surface area contributed by atoms with Crippen molar-refractivity contribution in [3.8, 4) is 0 Å². The summed E-state index contributed by atoms with van der Waals surface area (Å²) in [7, 11) is 0. The van der Waals surface area contributed by atoms with Gasteiger partial charge in [0.15, 0.2) is 0 Å². The number of nitrogens with zero attached hydrogens (tertiary/aromatic N) is 1. The van der Waals surface area contributed by atoms with E-state index >= 15 is 0 Å². The third-order valence-electron chi connectivity index (χ3n) is 2.67. The van der Waals surface area contributed by atoms with Gasteiger partial charge >= 0.3 is 0 Å². The molecule has 1 fully saturated rings. The number of halogens is 2. The Morgan fingerprint density at radius 2 is 2.47 bits per heavy atom. The fourth-order valence-electron chi connectivity index (χ4n) is 1.72. The molecule has 1 aliphatic rings. The average molecular weight is 383 g/mol. The summed E-state index contributed by atoms with van der Waals surface area (Å²) in [4.78, 5) is 14.9. The van der Waals surface area contributed by atoms with Crippen LogP contribution in [0.4, 0.5) is 0 Å². The zero-order valence-electron chi connectivity index (χ0n) is 9.41. The molecule has 0 aromatic carbocycles. The molecule has 17 heavy (non-hydrogen) atoms. The van der Waals surface area contributed by atoms with Crippen molar-refractivity contribution in [1.29, 1.82) is 0 Å². The molecule has 0 spiro atoms. The number of ether oxygens (including phenoxy) is 1. The number of amides is 1. The maximum Gasteiger partial charge on any atom is 0.264 e. The van der Waals surface area contributed by atoms with Crippen molar-refractivity contribution in [2.45, 2.75) is 13.0 Å². The molecule has 1 aromatic rings. The molecule has 1 saturated heterocycles. The Labute approximate surface area is 121 Å². The van der Waals surface area contributed by atoms with E-state index in [1.165, 1.54) is 11.3 Å². The quantitative estimate of drug-likeness (QED) is 0.735. The van der Waals surface area contributed by atoms with Crippen molar-refractivity contribution in [2.75, 3.05) is 25.0 Å². The van der Waals surface area contributed by atoms with E-state index in [0.29, 0.717) is 19.7 Å². The van der Waals surface area contributed by atoms with E-state index in [9.17, 15) is 4.79 Å². The van der Waals surface area contributed by atoms with Crippen molar-refractivity contribution < 1.29 is 9.53 Å². The molecule has 6 heteroatoms. The van der Waals surface area contributed by atoms with Gasteiger partial charge in [0, 0.05) is 18.4 Å². The minimum Gasteiger partial charge on any atom is -0.374 e. The second-order valence-electron chi connectivity index (χ2n) is 3.97. The van der Waals surface area contributed by atoms with Crippen molar-refractivity contribution in [2.24, 2.45) is 0 Å². The van der Waals surface area contributed by atoms with Gasteiger partial charge in [-0.2, -0.15) is 0 Å². The molecular weight excluding hydrogens is 370 g/mol. The zero-order valence-corrected chi connectivity index (χ0v) is 13.4. The van der Waals surface area contributed by atoms with Crippen LogP contribution in [-0.2, 0) is 4.74 Å². The average Bonchev–Trinajstić information content (AvgIpc) is 2.69. The number of morpholine rings is 1. The summed E-state index contributed by atoms with van der Waals surface area (Å²) in [5.41, 5.74) is 1.11. The van der Waals surface area contributed by atoms with Crippen LogP contribution in [0.5, 0.6) is 0 Å². The Balaban J connectivity index is 2.09. The SMILES string of the molecule is Cc1cc(C(=O)N2CCOC(CBr)C2)sc1Br. The van der Waals surface area contributed by atoms with Crippen LogP contribution >= 0.6 is 43.2 Å². The Morgan fingerprint density at radius 1 is 1.71 bits per heavy atom. The third-order valence-corrected chi connectivity index (χ3v) is 5.51. The second kappa shape index (κ2) is 5.82. The molecule has 1 unspecified atom stereocenters. The van der Waals surface area contributed by atoms with Crippen molar-refractivity contribution in [3.05, 3.63) is 20.3 Å². The van der Waals surface area contributed by atoms with E-state index < -0.39 is 0 Å². The molecule has 0 radical (unpaired) electrons. The molecule has 0 saturated carbocycles. The molecule has 2 heterocycles. The highest BCUT2D eigenvalue weighted by molar-refractivity contribution is 9.11. The van der Waals surface area contributed by atoms with Crippen LogP contribution in [0.2, 0.25) is 0 Å². The molecule has 3 nitrogen and oxygen atoms in total. The van der Waals surface area contributed by atoms with E-state index in [-0.39, 0.29) is 12.0 Å². The maximum atomic E-state index is 12.3. The van der Waals surface area contributed by atoms with Gasteiger partial charge in [0.25, 0.3) is 5.91 Å². The van der Waals surface area contributed by atoms with Crippen LogP contribution in [0.3, 0.4) is 0 Å². The van der Waals surface area contributed by atoms with Gasteiger partial charge in [-0.15, -0.1) is 11.3 Å². The van der Waals surface area contributed by atoms with Crippen LogP contribution in [0.15, 0.2) is 9.85 Å². The van der Waals surface area contributed by atoms with Crippen LogP contribution in [-0.4, -0.2) is 41.9 Å². The summed E-state index contributed by atoms with van der Waals surface area (Å²) in [6, 6.07) is 1.94. The first-order chi connectivity index (χ1) is 8.11. The highest BCUT2D eigenvalue weighted by atomic mass is 79.9. The highest BCUT2D eigenvalue weighted by Gasteiger charge is 2.25. The molecule has 0 aliphatic carbocycles.